The summed E-state index contributed by atoms with van der Waals surface area (Å²) in [5.74, 6) is -0.830. The van der Waals surface area contributed by atoms with Gasteiger partial charge in [0.2, 0.25) is 0 Å². The van der Waals surface area contributed by atoms with Crippen molar-refractivity contribution in [2.45, 2.75) is 33.2 Å². The molecule has 1 nitrogen and oxygen atoms in total. The van der Waals surface area contributed by atoms with Crippen LogP contribution >= 0.6 is 0 Å². The highest BCUT2D eigenvalue weighted by molar-refractivity contribution is 5.48. The van der Waals surface area contributed by atoms with Crippen molar-refractivity contribution in [1.29, 1.82) is 0 Å². The van der Waals surface area contributed by atoms with Gasteiger partial charge in [-0.2, -0.15) is 0 Å². The maximum atomic E-state index is 13.8. The summed E-state index contributed by atoms with van der Waals surface area (Å²) in [7, 11) is 0. The molecule has 0 fully saturated rings. The number of hydrogen-bond donors (Lipinski definition) is 1. The molecule has 2 aromatic rings. The molecule has 106 valence electrons. The van der Waals surface area contributed by atoms with E-state index in [9.17, 15) is 8.78 Å². The zero-order chi connectivity index (χ0) is 14.7. The van der Waals surface area contributed by atoms with Gasteiger partial charge < -0.3 is 5.32 Å². The Bertz CT molecular complexity index is 591. The fourth-order valence-corrected chi connectivity index (χ4v) is 2.12. The molecule has 3 heteroatoms. The predicted octanol–water partition coefficient (Wildman–Crippen LogP) is 5.01. The van der Waals surface area contributed by atoms with Gasteiger partial charge in [-0.15, -0.1) is 0 Å². The van der Waals surface area contributed by atoms with Crippen LogP contribution in [0.5, 0.6) is 0 Å². The normalized spacial score (nSPS) is 12.2. The predicted molar refractivity (Wildman–Crippen MR) is 79.0 cm³/mol. The van der Waals surface area contributed by atoms with Gasteiger partial charge in [0.25, 0.3) is 0 Å². The van der Waals surface area contributed by atoms with Gasteiger partial charge in [-0.3, -0.25) is 0 Å². The van der Waals surface area contributed by atoms with Gasteiger partial charge in [-0.1, -0.05) is 31.2 Å². The molecule has 0 saturated heterocycles. The SMILES string of the molecule is CCc1ccc(C(C)Nc2cc(F)c(C)cc2F)cc1. The summed E-state index contributed by atoms with van der Waals surface area (Å²) >= 11 is 0. The smallest absolute Gasteiger partial charge is 0.146 e. The van der Waals surface area contributed by atoms with E-state index in [1.54, 1.807) is 6.92 Å². The molecule has 1 N–H and O–H groups in total. The zero-order valence-corrected chi connectivity index (χ0v) is 12.0. The minimum absolute atomic E-state index is 0.0856. The molecule has 0 spiro atoms. The quantitative estimate of drug-likeness (QED) is 0.827. The summed E-state index contributed by atoms with van der Waals surface area (Å²) in [4.78, 5) is 0. The third kappa shape index (κ3) is 3.16. The summed E-state index contributed by atoms with van der Waals surface area (Å²) in [5, 5.41) is 3.02. The first-order valence-electron chi connectivity index (χ1n) is 6.82. The van der Waals surface area contributed by atoms with E-state index in [4.69, 9.17) is 0 Å². The molecule has 2 rings (SSSR count). The van der Waals surface area contributed by atoms with E-state index in [1.165, 1.54) is 17.7 Å². The number of halogens is 2. The highest BCUT2D eigenvalue weighted by Gasteiger charge is 2.11. The first kappa shape index (κ1) is 14.5. The molecule has 0 radical (unpaired) electrons. The van der Waals surface area contributed by atoms with Crippen molar-refractivity contribution in [1.82, 2.24) is 0 Å². The molecule has 1 unspecified atom stereocenters. The summed E-state index contributed by atoms with van der Waals surface area (Å²) in [6.45, 7) is 5.58. The van der Waals surface area contributed by atoms with Gasteiger partial charge in [0.1, 0.15) is 11.6 Å². The van der Waals surface area contributed by atoms with E-state index >= 15 is 0 Å². The van der Waals surface area contributed by atoms with Crippen molar-refractivity contribution < 1.29 is 8.78 Å². The number of anilines is 1. The van der Waals surface area contributed by atoms with Gasteiger partial charge in [-0.05, 0) is 43.0 Å². The largest absolute Gasteiger partial charge is 0.376 e. The van der Waals surface area contributed by atoms with Crippen molar-refractivity contribution in [2.24, 2.45) is 0 Å². The Labute approximate surface area is 118 Å². The second-order valence-electron chi connectivity index (χ2n) is 5.04. The lowest BCUT2D eigenvalue weighted by Crippen LogP contribution is -2.08. The average Bonchev–Trinajstić information content (AvgIpc) is 2.44. The minimum atomic E-state index is -0.430. The maximum absolute atomic E-state index is 13.8. The Morgan fingerprint density at radius 2 is 1.70 bits per heavy atom. The van der Waals surface area contributed by atoms with E-state index in [0.717, 1.165) is 12.0 Å². The first-order chi connectivity index (χ1) is 9.51. The Morgan fingerprint density at radius 3 is 2.30 bits per heavy atom. The van der Waals surface area contributed by atoms with Gasteiger partial charge in [0.15, 0.2) is 0 Å². The number of nitrogens with one attached hydrogen (secondary N) is 1. The van der Waals surface area contributed by atoms with E-state index in [2.05, 4.69) is 24.4 Å². The van der Waals surface area contributed by atoms with Crippen LogP contribution in [-0.2, 0) is 6.42 Å². The topological polar surface area (TPSA) is 12.0 Å². The van der Waals surface area contributed by atoms with Crippen molar-refractivity contribution in [3.8, 4) is 0 Å². The molecule has 0 aliphatic carbocycles. The monoisotopic (exact) mass is 275 g/mol. The average molecular weight is 275 g/mol. The Hall–Kier alpha value is -1.90. The molecule has 20 heavy (non-hydrogen) atoms. The van der Waals surface area contributed by atoms with Crippen LogP contribution in [0.3, 0.4) is 0 Å². The van der Waals surface area contributed by atoms with Crippen molar-refractivity contribution in [3.63, 3.8) is 0 Å². The highest BCUT2D eigenvalue weighted by atomic mass is 19.1. The van der Waals surface area contributed by atoms with E-state index in [1.807, 2.05) is 19.1 Å². The fourth-order valence-electron chi connectivity index (χ4n) is 2.12. The minimum Gasteiger partial charge on any atom is -0.376 e. The highest BCUT2D eigenvalue weighted by Crippen LogP contribution is 2.24. The molecule has 0 aliphatic rings. The summed E-state index contributed by atoms with van der Waals surface area (Å²) in [5.41, 5.74) is 2.81. The summed E-state index contributed by atoms with van der Waals surface area (Å²) in [6, 6.07) is 10.5. The van der Waals surface area contributed by atoms with Crippen molar-refractivity contribution in [2.75, 3.05) is 5.32 Å². The third-order valence-corrected chi connectivity index (χ3v) is 3.51. The lowest BCUT2D eigenvalue weighted by molar-refractivity contribution is 0.593. The molecule has 0 aromatic heterocycles. The van der Waals surface area contributed by atoms with Gasteiger partial charge >= 0.3 is 0 Å². The van der Waals surface area contributed by atoms with Crippen molar-refractivity contribution >= 4 is 5.69 Å². The standard InChI is InChI=1S/C17H19F2N/c1-4-13-5-7-14(8-6-13)12(3)20-17-10-15(18)11(2)9-16(17)19/h5-10,12,20H,4H2,1-3H3. The maximum Gasteiger partial charge on any atom is 0.146 e. The van der Waals surface area contributed by atoms with Crippen LogP contribution in [0.4, 0.5) is 14.5 Å². The van der Waals surface area contributed by atoms with Crippen LogP contribution in [0.1, 0.15) is 36.6 Å². The zero-order valence-electron chi connectivity index (χ0n) is 12.0. The number of benzene rings is 2. The summed E-state index contributed by atoms with van der Waals surface area (Å²) in [6.07, 6.45) is 0.986. The molecular weight excluding hydrogens is 256 g/mol. The van der Waals surface area contributed by atoms with Crippen LogP contribution in [-0.4, -0.2) is 0 Å². The second kappa shape index (κ2) is 6.04. The van der Waals surface area contributed by atoms with Crippen LogP contribution in [0.15, 0.2) is 36.4 Å². The molecule has 1 atom stereocenters. The van der Waals surface area contributed by atoms with Gasteiger partial charge in [0, 0.05) is 12.1 Å². The van der Waals surface area contributed by atoms with Gasteiger partial charge in [-0.25, -0.2) is 8.78 Å². The number of hydrogen-bond acceptors (Lipinski definition) is 1. The van der Waals surface area contributed by atoms with Crippen LogP contribution in [0.2, 0.25) is 0 Å². The molecular formula is C17H19F2N. The molecule has 0 heterocycles. The Balaban J connectivity index is 2.18. The number of rotatable bonds is 4. The fraction of sp³-hybridized carbons (Fsp3) is 0.294. The van der Waals surface area contributed by atoms with E-state index in [-0.39, 0.29) is 11.7 Å². The van der Waals surface area contributed by atoms with Gasteiger partial charge in [0.05, 0.1) is 5.69 Å². The molecule has 0 aliphatic heterocycles. The number of aryl methyl sites for hydroxylation is 2. The third-order valence-electron chi connectivity index (χ3n) is 3.51. The molecule has 0 bridgehead atoms. The van der Waals surface area contributed by atoms with E-state index < -0.39 is 11.6 Å². The second-order valence-corrected chi connectivity index (χ2v) is 5.04. The lowest BCUT2D eigenvalue weighted by atomic mass is 10.0. The Morgan fingerprint density at radius 1 is 1.05 bits per heavy atom. The summed E-state index contributed by atoms with van der Waals surface area (Å²) < 4.78 is 27.3. The van der Waals surface area contributed by atoms with Crippen LogP contribution < -0.4 is 5.32 Å². The van der Waals surface area contributed by atoms with Crippen LogP contribution in [0.25, 0.3) is 0 Å². The lowest BCUT2D eigenvalue weighted by Gasteiger charge is -2.17. The first-order valence-corrected chi connectivity index (χ1v) is 6.82. The van der Waals surface area contributed by atoms with Crippen LogP contribution in [0, 0.1) is 18.6 Å². The van der Waals surface area contributed by atoms with Crippen molar-refractivity contribution in [3.05, 3.63) is 64.7 Å². The Kier molecular flexibility index (Phi) is 4.38. The molecule has 0 saturated carbocycles. The molecule has 0 amide bonds. The van der Waals surface area contributed by atoms with E-state index in [0.29, 0.717) is 5.56 Å². The molecule has 2 aromatic carbocycles.